The van der Waals surface area contributed by atoms with E-state index in [1.165, 1.54) is 18.9 Å². The van der Waals surface area contributed by atoms with Crippen LogP contribution < -0.4 is 20.2 Å². The molecule has 3 aromatic carbocycles. The predicted octanol–water partition coefficient (Wildman–Crippen LogP) is 3.67. The number of rotatable bonds is 7. The third-order valence-electron chi connectivity index (χ3n) is 4.33. The van der Waals surface area contributed by atoms with Crippen LogP contribution in [-0.4, -0.2) is 25.1 Å². The lowest BCUT2D eigenvalue weighted by Crippen LogP contribution is -2.32. The molecule has 31 heavy (non-hydrogen) atoms. The minimum Gasteiger partial charge on any atom is -0.495 e. The fraction of sp³-hybridized carbons (Fsp3) is 0.125. The summed E-state index contributed by atoms with van der Waals surface area (Å²) in [6, 6.07) is 22.2. The molecule has 7 heteroatoms. The molecule has 0 atom stereocenters. The van der Waals surface area contributed by atoms with E-state index in [9.17, 15) is 9.59 Å². The van der Waals surface area contributed by atoms with Gasteiger partial charge in [-0.05, 0) is 42.3 Å². The number of hydrazone groups is 1. The van der Waals surface area contributed by atoms with Crippen molar-refractivity contribution in [3.8, 4) is 11.5 Å². The van der Waals surface area contributed by atoms with Crippen molar-refractivity contribution < 1.29 is 19.1 Å². The monoisotopic (exact) mass is 417 g/mol. The van der Waals surface area contributed by atoms with Crippen LogP contribution in [0.15, 0.2) is 77.9 Å². The summed E-state index contributed by atoms with van der Waals surface area (Å²) in [6.07, 6.45) is 1.44. The van der Waals surface area contributed by atoms with Crippen molar-refractivity contribution in [3.63, 3.8) is 0 Å². The molecule has 0 bridgehead atoms. The molecule has 158 valence electrons. The van der Waals surface area contributed by atoms with Gasteiger partial charge < -0.3 is 14.8 Å². The average molecular weight is 417 g/mol. The highest BCUT2D eigenvalue weighted by Crippen LogP contribution is 2.22. The Labute approximate surface area is 180 Å². The molecule has 0 spiro atoms. The summed E-state index contributed by atoms with van der Waals surface area (Å²) >= 11 is 0. The number of carbonyl (C=O) groups is 2. The Hall–Kier alpha value is -4.13. The van der Waals surface area contributed by atoms with Crippen LogP contribution in [0.4, 0.5) is 5.69 Å². The van der Waals surface area contributed by atoms with Gasteiger partial charge in [-0.2, -0.15) is 5.10 Å². The number of ether oxygens (including phenoxy) is 2. The first kappa shape index (κ1) is 21.6. The highest BCUT2D eigenvalue weighted by molar-refractivity contribution is 6.39. The second-order valence-electron chi connectivity index (χ2n) is 6.70. The molecule has 2 amide bonds. The topological polar surface area (TPSA) is 89.0 Å². The number of benzene rings is 3. The highest BCUT2D eigenvalue weighted by atomic mass is 16.5. The normalized spacial score (nSPS) is 10.5. The van der Waals surface area contributed by atoms with Crippen molar-refractivity contribution in [1.82, 2.24) is 5.43 Å². The van der Waals surface area contributed by atoms with Crippen LogP contribution >= 0.6 is 0 Å². The predicted molar refractivity (Wildman–Crippen MR) is 119 cm³/mol. The van der Waals surface area contributed by atoms with Crippen LogP contribution in [0.5, 0.6) is 11.5 Å². The number of anilines is 1. The van der Waals surface area contributed by atoms with Crippen molar-refractivity contribution in [3.05, 3.63) is 89.5 Å². The molecule has 0 aliphatic rings. The van der Waals surface area contributed by atoms with Crippen molar-refractivity contribution >= 4 is 23.7 Å². The van der Waals surface area contributed by atoms with E-state index in [-0.39, 0.29) is 0 Å². The molecule has 0 aromatic heterocycles. The standard InChI is InChI=1S/C24H23N3O4/c1-17-10-12-18(13-11-17)16-31-20-7-5-6-19(14-20)15-25-27-24(29)23(28)26-21-8-3-4-9-22(21)30-2/h3-15H,16H2,1-2H3,(H,26,28)(H,27,29)/b25-15+. The summed E-state index contributed by atoms with van der Waals surface area (Å²) in [5.74, 6) is -0.620. The van der Waals surface area contributed by atoms with Crippen molar-refractivity contribution in [2.75, 3.05) is 12.4 Å². The smallest absolute Gasteiger partial charge is 0.329 e. The number of amides is 2. The third-order valence-corrected chi connectivity index (χ3v) is 4.33. The maximum Gasteiger partial charge on any atom is 0.329 e. The van der Waals surface area contributed by atoms with E-state index in [2.05, 4.69) is 15.8 Å². The number of para-hydroxylation sites is 2. The van der Waals surface area contributed by atoms with Crippen LogP contribution in [0.2, 0.25) is 0 Å². The van der Waals surface area contributed by atoms with E-state index < -0.39 is 11.8 Å². The lowest BCUT2D eigenvalue weighted by Gasteiger charge is -2.08. The summed E-state index contributed by atoms with van der Waals surface area (Å²) < 4.78 is 10.9. The van der Waals surface area contributed by atoms with E-state index in [0.29, 0.717) is 29.4 Å². The Bertz CT molecular complexity index is 1080. The highest BCUT2D eigenvalue weighted by Gasteiger charge is 2.14. The number of aryl methyl sites for hydroxylation is 1. The van der Waals surface area contributed by atoms with Crippen LogP contribution in [0.3, 0.4) is 0 Å². The van der Waals surface area contributed by atoms with Crippen molar-refractivity contribution in [1.29, 1.82) is 0 Å². The quantitative estimate of drug-likeness (QED) is 0.349. The molecule has 3 aromatic rings. The lowest BCUT2D eigenvalue weighted by atomic mass is 10.2. The van der Waals surface area contributed by atoms with Gasteiger partial charge in [0.05, 0.1) is 19.0 Å². The van der Waals surface area contributed by atoms with Gasteiger partial charge in [0, 0.05) is 0 Å². The fourth-order valence-electron chi connectivity index (χ4n) is 2.68. The Kier molecular flexibility index (Phi) is 7.37. The number of hydrogen-bond acceptors (Lipinski definition) is 5. The summed E-state index contributed by atoms with van der Waals surface area (Å²) in [6.45, 7) is 2.48. The molecular formula is C24H23N3O4. The van der Waals surface area contributed by atoms with E-state index in [1.54, 1.807) is 30.3 Å². The van der Waals surface area contributed by atoms with Gasteiger partial charge in [0.2, 0.25) is 0 Å². The molecular weight excluding hydrogens is 394 g/mol. The third kappa shape index (κ3) is 6.43. The molecule has 7 nitrogen and oxygen atoms in total. The van der Waals surface area contributed by atoms with E-state index in [1.807, 2.05) is 49.4 Å². The zero-order valence-electron chi connectivity index (χ0n) is 17.3. The first-order valence-electron chi connectivity index (χ1n) is 9.61. The van der Waals surface area contributed by atoms with Gasteiger partial charge >= 0.3 is 11.8 Å². The second-order valence-corrected chi connectivity index (χ2v) is 6.70. The first-order valence-corrected chi connectivity index (χ1v) is 9.61. The van der Waals surface area contributed by atoms with Gasteiger partial charge in [0.1, 0.15) is 18.1 Å². The maximum atomic E-state index is 12.0. The molecule has 2 N–H and O–H groups in total. The molecule has 0 saturated heterocycles. The minimum absolute atomic E-state index is 0.396. The van der Waals surface area contributed by atoms with E-state index in [4.69, 9.17) is 9.47 Å². The summed E-state index contributed by atoms with van der Waals surface area (Å²) in [5, 5.41) is 6.33. The van der Waals surface area contributed by atoms with Gasteiger partial charge in [0.15, 0.2) is 0 Å². The van der Waals surface area contributed by atoms with Gasteiger partial charge in [-0.1, -0.05) is 54.1 Å². The lowest BCUT2D eigenvalue weighted by molar-refractivity contribution is -0.136. The SMILES string of the molecule is COc1ccccc1NC(=O)C(=O)N/N=C/c1cccc(OCc2ccc(C)cc2)c1. The molecule has 0 aliphatic heterocycles. The first-order chi connectivity index (χ1) is 15.0. The van der Waals surface area contributed by atoms with Gasteiger partial charge in [-0.3, -0.25) is 9.59 Å². The molecule has 0 saturated carbocycles. The molecule has 0 radical (unpaired) electrons. The fourth-order valence-corrected chi connectivity index (χ4v) is 2.68. The zero-order chi connectivity index (χ0) is 22.1. The molecule has 0 heterocycles. The Morgan fingerprint density at radius 2 is 1.74 bits per heavy atom. The number of nitrogens with one attached hydrogen (secondary N) is 2. The van der Waals surface area contributed by atoms with Crippen molar-refractivity contribution in [2.24, 2.45) is 5.10 Å². The molecule has 3 rings (SSSR count). The van der Waals surface area contributed by atoms with Gasteiger partial charge in [-0.25, -0.2) is 5.43 Å². The number of nitrogens with zero attached hydrogens (tertiary/aromatic N) is 1. The number of carbonyl (C=O) groups excluding carboxylic acids is 2. The van der Waals surface area contributed by atoms with E-state index in [0.717, 1.165) is 5.56 Å². The number of hydrogen-bond donors (Lipinski definition) is 2. The van der Waals surface area contributed by atoms with Gasteiger partial charge in [0.25, 0.3) is 0 Å². The minimum atomic E-state index is -0.895. The van der Waals surface area contributed by atoms with Crippen LogP contribution in [0.1, 0.15) is 16.7 Å². The average Bonchev–Trinajstić information content (AvgIpc) is 2.79. The maximum absolute atomic E-state index is 12.0. The second kappa shape index (κ2) is 10.6. The molecule has 0 unspecified atom stereocenters. The summed E-state index contributed by atoms with van der Waals surface area (Å²) in [4.78, 5) is 24.0. The summed E-state index contributed by atoms with van der Waals surface area (Å²) in [5.41, 5.74) is 5.58. The van der Waals surface area contributed by atoms with Crippen LogP contribution in [0.25, 0.3) is 0 Å². The molecule has 0 aliphatic carbocycles. The zero-order valence-corrected chi connectivity index (χ0v) is 17.3. The number of methoxy groups -OCH3 is 1. The summed E-state index contributed by atoms with van der Waals surface area (Å²) in [7, 11) is 1.48. The van der Waals surface area contributed by atoms with Crippen molar-refractivity contribution in [2.45, 2.75) is 13.5 Å². The van der Waals surface area contributed by atoms with E-state index >= 15 is 0 Å². The largest absolute Gasteiger partial charge is 0.495 e. The Morgan fingerprint density at radius 1 is 0.968 bits per heavy atom. The van der Waals surface area contributed by atoms with Crippen LogP contribution in [0, 0.1) is 6.92 Å². The Morgan fingerprint density at radius 3 is 2.52 bits per heavy atom. The van der Waals surface area contributed by atoms with Crippen LogP contribution in [-0.2, 0) is 16.2 Å². The Balaban J connectivity index is 1.53. The van der Waals surface area contributed by atoms with Gasteiger partial charge in [-0.15, -0.1) is 0 Å². The molecule has 0 fully saturated rings.